The van der Waals surface area contributed by atoms with Crippen LogP contribution >= 0.6 is 12.4 Å². The van der Waals surface area contributed by atoms with Crippen LogP contribution in [0.25, 0.3) is 0 Å². The molecule has 2 atom stereocenters. The highest BCUT2D eigenvalue weighted by atomic mass is 35.5. The van der Waals surface area contributed by atoms with Crippen LogP contribution in [0.5, 0.6) is 0 Å². The fourth-order valence-corrected chi connectivity index (χ4v) is 4.22. The Morgan fingerprint density at radius 1 is 1.40 bits per heavy atom. The Kier molecular flexibility index (Phi) is 6.71. The van der Waals surface area contributed by atoms with Crippen molar-refractivity contribution in [2.24, 2.45) is 0 Å². The molecule has 0 spiro atoms. The van der Waals surface area contributed by atoms with Crippen LogP contribution in [0.2, 0.25) is 0 Å². The van der Waals surface area contributed by atoms with Crippen molar-refractivity contribution in [1.82, 2.24) is 14.9 Å². The lowest BCUT2D eigenvalue weighted by atomic mass is 10.00. The third-order valence-electron chi connectivity index (χ3n) is 3.90. The van der Waals surface area contributed by atoms with Gasteiger partial charge in [0, 0.05) is 31.6 Å². The molecule has 0 bridgehead atoms. The van der Waals surface area contributed by atoms with Gasteiger partial charge in [0.2, 0.25) is 15.9 Å². The van der Waals surface area contributed by atoms with Crippen LogP contribution < -0.4 is 10.6 Å². The van der Waals surface area contributed by atoms with Crippen LogP contribution in [0, 0.1) is 0 Å². The van der Waals surface area contributed by atoms with E-state index in [2.05, 4.69) is 17.6 Å². The van der Waals surface area contributed by atoms with Gasteiger partial charge < -0.3 is 10.6 Å². The van der Waals surface area contributed by atoms with E-state index in [9.17, 15) is 13.2 Å². The van der Waals surface area contributed by atoms with E-state index in [-0.39, 0.29) is 42.6 Å². The summed E-state index contributed by atoms with van der Waals surface area (Å²) >= 11 is 0. The molecule has 2 N–H and O–H groups in total. The maximum Gasteiger partial charge on any atom is 0.221 e. The topological polar surface area (TPSA) is 78.5 Å². The number of halogens is 1. The van der Waals surface area contributed by atoms with Crippen molar-refractivity contribution in [1.29, 1.82) is 0 Å². The predicted octanol–water partition coefficient (Wildman–Crippen LogP) is 0.0905. The SMILES string of the molecule is CC1NCCCC1NC(=O)CCN1CCCS1(=O)=O.Cl. The number of carbonyl (C=O) groups is 1. The van der Waals surface area contributed by atoms with Gasteiger partial charge in [0.25, 0.3) is 0 Å². The lowest BCUT2D eigenvalue weighted by Gasteiger charge is -2.30. The molecule has 8 heteroatoms. The molecule has 0 aromatic carbocycles. The molecule has 20 heavy (non-hydrogen) atoms. The first kappa shape index (κ1) is 17.7. The number of hydrogen-bond donors (Lipinski definition) is 2. The third-order valence-corrected chi connectivity index (χ3v) is 5.86. The fraction of sp³-hybridized carbons (Fsp3) is 0.917. The van der Waals surface area contributed by atoms with Crippen molar-refractivity contribution in [3.63, 3.8) is 0 Å². The van der Waals surface area contributed by atoms with Gasteiger partial charge in [-0.1, -0.05) is 0 Å². The molecule has 2 aliphatic heterocycles. The van der Waals surface area contributed by atoms with Gasteiger partial charge in [0.05, 0.1) is 5.75 Å². The summed E-state index contributed by atoms with van der Waals surface area (Å²) in [4.78, 5) is 11.9. The van der Waals surface area contributed by atoms with Crippen LogP contribution in [0.15, 0.2) is 0 Å². The van der Waals surface area contributed by atoms with Crippen molar-refractivity contribution >= 4 is 28.3 Å². The second kappa shape index (κ2) is 7.59. The second-order valence-corrected chi connectivity index (χ2v) is 7.47. The van der Waals surface area contributed by atoms with E-state index >= 15 is 0 Å². The predicted molar refractivity (Wildman–Crippen MR) is 80.5 cm³/mol. The number of carbonyl (C=O) groups excluding carboxylic acids is 1. The second-order valence-electron chi connectivity index (χ2n) is 5.38. The summed E-state index contributed by atoms with van der Waals surface area (Å²) in [6.45, 7) is 3.92. The number of nitrogens with one attached hydrogen (secondary N) is 2. The van der Waals surface area contributed by atoms with Gasteiger partial charge in [-0.05, 0) is 32.7 Å². The monoisotopic (exact) mass is 325 g/mol. The van der Waals surface area contributed by atoms with Crippen molar-refractivity contribution in [2.45, 2.75) is 44.7 Å². The number of piperidine rings is 1. The molecular formula is C12H24ClN3O3S. The maximum absolute atomic E-state index is 11.9. The molecule has 0 saturated carbocycles. The smallest absolute Gasteiger partial charge is 0.221 e. The quantitative estimate of drug-likeness (QED) is 0.768. The minimum atomic E-state index is -3.09. The summed E-state index contributed by atoms with van der Waals surface area (Å²) in [7, 11) is -3.09. The maximum atomic E-state index is 11.9. The molecule has 2 rings (SSSR count). The minimum absolute atomic E-state index is 0. The van der Waals surface area contributed by atoms with Crippen LogP contribution in [-0.2, 0) is 14.8 Å². The van der Waals surface area contributed by atoms with E-state index in [0.717, 1.165) is 19.4 Å². The molecular weight excluding hydrogens is 302 g/mol. The average Bonchev–Trinajstić information content (AvgIpc) is 2.69. The van der Waals surface area contributed by atoms with Gasteiger partial charge >= 0.3 is 0 Å². The number of amides is 1. The molecule has 1 amide bonds. The van der Waals surface area contributed by atoms with Crippen LogP contribution in [0.1, 0.15) is 32.6 Å². The summed E-state index contributed by atoms with van der Waals surface area (Å²) < 4.78 is 24.6. The lowest BCUT2D eigenvalue weighted by molar-refractivity contribution is -0.122. The van der Waals surface area contributed by atoms with Gasteiger partial charge in [-0.2, -0.15) is 0 Å². The zero-order valence-electron chi connectivity index (χ0n) is 11.8. The molecule has 0 radical (unpaired) electrons. The average molecular weight is 326 g/mol. The molecule has 0 aromatic heterocycles. The van der Waals surface area contributed by atoms with Crippen molar-refractivity contribution in [3.8, 4) is 0 Å². The highest BCUT2D eigenvalue weighted by Crippen LogP contribution is 2.13. The number of sulfonamides is 1. The first-order chi connectivity index (χ1) is 8.99. The Morgan fingerprint density at radius 3 is 2.75 bits per heavy atom. The van der Waals surface area contributed by atoms with Gasteiger partial charge in [-0.15, -0.1) is 12.4 Å². The van der Waals surface area contributed by atoms with Crippen LogP contribution in [0.4, 0.5) is 0 Å². The summed E-state index contributed by atoms with van der Waals surface area (Å²) in [5.74, 6) is 0.167. The van der Waals surface area contributed by atoms with E-state index in [4.69, 9.17) is 0 Å². The number of rotatable bonds is 4. The lowest BCUT2D eigenvalue weighted by Crippen LogP contribution is -2.52. The first-order valence-electron chi connectivity index (χ1n) is 6.99. The Labute approximate surface area is 127 Å². The minimum Gasteiger partial charge on any atom is -0.352 e. The molecule has 2 saturated heterocycles. The third kappa shape index (κ3) is 4.58. The molecule has 118 valence electrons. The highest BCUT2D eigenvalue weighted by Gasteiger charge is 2.29. The summed E-state index contributed by atoms with van der Waals surface area (Å²) in [5, 5.41) is 6.32. The van der Waals surface area contributed by atoms with Gasteiger partial charge in [0.1, 0.15) is 0 Å². The summed E-state index contributed by atoms with van der Waals surface area (Å²) in [5.41, 5.74) is 0. The van der Waals surface area contributed by atoms with Gasteiger partial charge in [-0.3, -0.25) is 4.79 Å². The zero-order valence-corrected chi connectivity index (χ0v) is 13.4. The first-order valence-corrected chi connectivity index (χ1v) is 8.60. The van der Waals surface area contributed by atoms with Crippen LogP contribution in [-0.4, -0.2) is 56.1 Å². The van der Waals surface area contributed by atoms with Crippen molar-refractivity contribution in [2.75, 3.05) is 25.4 Å². The molecule has 2 fully saturated rings. The normalized spacial score (nSPS) is 29.6. The Bertz CT molecular complexity index is 430. The Morgan fingerprint density at radius 2 is 2.15 bits per heavy atom. The van der Waals surface area contributed by atoms with E-state index in [1.807, 2.05) is 0 Å². The fourth-order valence-electron chi connectivity index (χ4n) is 2.69. The van der Waals surface area contributed by atoms with E-state index in [0.29, 0.717) is 19.5 Å². The summed E-state index contributed by atoms with van der Waals surface area (Å²) in [6.07, 6.45) is 2.98. The summed E-state index contributed by atoms with van der Waals surface area (Å²) in [6, 6.07) is 0.449. The van der Waals surface area contributed by atoms with Gasteiger partial charge in [-0.25, -0.2) is 12.7 Å². The molecule has 2 heterocycles. The molecule has 2 aliphatic rings. The van der Waals surface area contributed by atoms with E-state index in [1.165, 1.54) is 4.31 Å². The Balaban J connectivity index is 0.00000200. The molecule has 0 aromatic rings. The largest absolute Gasteiger partial charge is 0.352 e. The highest BCUT2D eigenvalue weighted by molar-refractivity contribution is 7.89. The number of hydrogen-bond acceptors (Lipinski definition) is 4. The molecule has 0 aliphatic carbocycles. The number of nitrogens with zero attached hydrogens (tertiary/aromatic N) is 1. The van der Waals surface area contributed by atoms with E-state index < -0.39 is 10.0 Å². The van der Waals surface area contributed by atoms with Crippen molar-refractivity contribution in [3.05, 3.63) is 0 Å². The van der Waals surface area contributed by atoms with Crippen molar-refractivity contribution < 1.29 is 13.2 Å². The van der Waals surface area contributed by atoms with Gasteiger partial charge in [0.15, 0.2) is 0 Å². The van der Waals surface area contributed by atoms with Crippen LogP contribution in [0.3, 0.4) is 0 Å². The Hall–Kier alpha value is -0.370. The zero-order chi connectivity index (χ0) is 13.9. The van der Waals surface area contributed by atoms with E-state index in [1.54, 1.807) is 0 Å². The molecule has 6 nitrogen and oxygen atoms in total. The standard InChI is InChI=1S/C12H23N3O3S.ClH/c1-10-11(4-2-6-13-10)14-12(16)5-8-15-7-3-9-19(15,17)18;/h10-11,13H,2-9H2,1H3,(H,14,16);1H. The molecule has 2 unspecified atom stereocenters.